The second-order valence-electron chi connectivity index (χ2n) is 4.41. The molecule has 0 atom stereocenters. The minimum atomic E-state index is -0.246. The van der Waals surface area contributed by atoms with Crippen molar-refractivity contribution in [3.05, 3.63) is 35.8 Å². The van der Waals surface area contributed by atoms with Gasteiger partial charge in [0.25, 0.3) is 5.91 Å². The number of halogens is 1. The molecular weight excluding hydrogens is 266 g/mol. The fourth-order valence-corrected chi connectivity index (χ4v) is 1.73. The van der Waals surface area contributed by atoms with E-state index in [-0.39, 0.29) is 18.3 Å². The number of aromatic amines is 1. The number of nitrogens with zero attached hydrogens (tertiary/aromatic N) is 2. The smallest absolute Gasteiger partial charge is 0.276 e. The Labute approximate surface area is 116 Å². The quantitative estimate of drug-likeness (QED) is 0.800. The number of nitrogen functional groups attached to an aromatic ring is 1. The summed E-state index contributed by atoms with van der Waals surface area (Å²) in [5.74, 6) is 0.728. The topological polar surface area (TPSA) is 96.7 Å². The van der Waals surface area contributed by atoms with Crippen LogP contribution in [0.1, 0.15) is 34.9 Å². The van der Waals surface area contributed by atoms with Crippen molar-refractivity contribution in [1.29, 1.82) is 0 Å². The molecule has 2 aromatic heterocycles. The Morgan fingerprint density at radius 3 is 2.84 bits per heavy atom. The highest BCUT2D eigenvalue weighted by molar-refractivity contribution is 6.02. The highest BCUT2D eigenvalue weighted by atomic mass is 35.5. The van der Waals surface area contributed by atoms with Crippen molar-refractivity contribution in [3.8, 4) is 0 Å². The maximum absolute atomic E-state index is 11.9. The summed E-state index contributed by atoms with van der Waals surface area (Å²) in [5.41, 5.74) is 7.51. The third-order valence-corrected chi connectivity index (χ3v) is 2.89. The van der Waals surface area contributed by atoms with Gasteiger partial charge in [-0.3, -0.25) is 9.89 Å². The van der Waals surface area contributed by atoms with Gasteiger partial charge >= 0.3 is 0 Å². The van der Waals surface area contributed by atoms with E-state index in [0.29, 0.717) is 23.1 Å². The normalized spacial score (nSPS) is 13.7. The lowest BCUT2D eigenvalue weighted by Crippen LogP contribution is -2.12. The van der Waals surface area contributed by atoms with Crippen LogP contribution in [0.5, 0.6) is 0 Å². The number of carbonyl (C=O) groups excluding carboxylic acids is 1. The van der Waals surface area contributed by atoms with E-state index in [1.807, 2.05) is 0 Å². The molecule has 1 aliphatic rings. The molecule has 2 heterocycles. The number of hydrogen-bond donors (Lipinski definition) is 3. The molecule has 0 aromatic carbocycles. The molecule has 0 spiro atoms. The standard InChI is InChI=1S/C12H13N5O.ClH/c13-11-4-3-8(6-14-11)15-12(18)10-5-9(16-17-10)7-1-2-7;/h3-7H,1-2H2,(H2,13,14)(H,15,18)(H,16,17);1H. The van der Waals surface area contributed by atoms with Gasteiger partial charge in [0, 0.05) is 11.6 Å². The average Bonchev–Trinajstić information content (AvgIpc) is 3.10. The number of aromatic nitrogens is 3. The van der Waals surface area contributed by atoms with Crippen molar-refractivity contribution in [3.63, 3.8) is 0 Å². The molecule has 1 aliphatic carbocycles. The van der Waals surface area contributed by atoms with Crippen molar-refractivity contribution < 1.29 is 4.79 Å². The molecular formula is C12H14ClN5O. The Balaban J connectivity index is 0.00000133. The van der Waals surface area contributed by atoms with Crippen molar-refractivity contribution in [1.82, 2.24) is 15.2 Å². The average molecular weight is 280 g/mol. The molecule has 4 N–H and O–H groups in total. The summed E-state index contributed by atoms with van der Waals surface area (Å²) < 4.78 is 0. The van der Waals surface area contributed by atoms with Crippen molar-refractivity contribution in [2.75, 3.05) is 11.1 Å². The summed E-state index contributed by atoms with van der Waals surface area (Å²) in [6.07, 6.45) is 3.86. The Morgan fingerprint density at radius 2 is 2.21 bits per heavy atom. The van der Waals surface area contributed by atoms with Crippen LogP contribution < -0.4 is 11.1 Å². The molecule has 19 heavy (non-hydrogen) atoms. The lowest BCUT2D eigenvalue weighted by atomic mass is 10.2. The molecule has 1 saturated carbocycles. The molecule has 0 unspecified atom stereocenters. The fourth-order valence-electron chi connectivity index (χ4n) is 1.73. The molecule has 0 saturated heterocycles. The number of nitrogens with two attached hydrogens (primary N) is 1. The number of amides is 1. The van der Waals surface area contributed by atoms with Crippen LogP contribution in [0.15, 0.2) is 24.4 Å². The first-order valence-electron chi connectivity index (χ1n) is 5.80. The zero-order chi connectivity index (χ0) is 12.5. The summed E-state index contributed by atoms with van der Waals surface area (Å²) in [6, 6.07) is 5.14. The van der Waals surface area contributed by atoms with E-state index in [0.717, 1.165) is 5.69 Å². The van der Waals surface area contributed by atoms with Gasteiger partial charge in [0.15, 0.2) is 5.69 Å². The van der Waals surface area contributed by atoms with Crippen molar-refractivity contribution in [2.24, 2.45) is 0 Å². The Morgan fingerprint density at radius 1 is 1.42 bits per heavy atom. The van der Waals surface area contributed by atoms with Crippen molar-refractivity contribution in [2.45, 2.75) is 18.8 Å². The van der Waals surface area contributed by atoms with Gasteiger partial charge in [-0.05, 0) is 31.0 Å². The molecule has 6 nitrogen and oxygen atoms in total. The predicted molar refractivity (Wildman–Crippen MR) is 74.4 cm³/mol. The second kappa shape index (κ2) is 5.27. The van der Waals surface area contributed by atoms with Gasteiger partial charge in [-0.25, -0.2) is 4.98 Å². The molecule has 3 rings (SSSR count). The highest BCUT2D eigenvalue weighted by Gasteiger charge is 2.26. The van der Waals surface area contributed by atoms with Crippen LogP contribution in [0.3, 0.4) is 0 Å². The van der Waals surface area contributed by atoms with Crippen LogP contribution in [0.25, 0.3) is 0 Å². The number of H-pyrrole nitrogens is 1. The fraction of sp³-hybridized carbons (Fsp3) is 0.250. The first kappa shape index (κ1) is 13.4. The maximum atomic E-state index is 11.9. The number of nitrogens with one attached hydrogen (secondary N) is 2. The molecule has 0 bridgehead atoms. The van der Waals surface area contributed by atoms with Gasteiger partial charge in [-0.1, -0.05) is 0 Å². The molecule has 1 amide bonds. The number of carbonyl (C=O) groups is 1. The van der Waals surface area contributed by atoms with E-state index in [2.05, 4.69) is 20.5 Å². The largest absolute Gasteiger partial charge is 0.384 e. The lowest BCUT2D eigenvalue weighted by Gasteiger charge is -2.02. The van der Waals surface area contributed by atoms with E-state index >= 15 is 0 Å². The van der Waals surface area contributed by atoms with Gasteiger partial charge in [0.05, 0.1) is 11.9 Å². The summed E-state index contributed by atoms with van der Waals surface area (Å²) in [4.78, 5) is 15.8. The highest BCUT2D eigenvalue weighted by Crippen LogP contribution is 2.38. The number of anilines is 2. The van der Waals surface area contributed by atoms with E-state index in [1.165, 1.54) is 19.0 Å². The van der Waals surface area contributed by atoms with Gasteiger partial charge in [0.2, 0.25) is 0 Å². The number of pyridine rings is 1. The molecule has 7 heteroatoms. The SMILES string of the molecule is Cl.Nc1ccc(NC(=O)c2cc(C3CC3)[nH]n2)cn1. The van der Waals surface area contributed by atoms with Crippen LogP contribution in [0.4, 0.5) is 11.5 Å². The first-order valence-corrected chi connectivity index (χ1v) is 5.80. The van der Waals surface area contributed by atoms with Crippen LogP contribution in [-0.4, -0.2) is 21.1 Å². The lowest BCUT2D eigenvalue weighted by molar-refractivity contribution is 0.102. The van der Waals surface area contributed by atoms with Crippen LogP contribution in [0, 0.1) is 0 Å². The zero-order valence-electron chi connectivity index (χ0n) is 10.1. The van der Waals surface area contributed by atoms with E-state index in [1.54, 1.807) is 18.2 Å². The molecule has 1 fully saturated rings. The summed E-state index contributed by atoms with van der Waals surface area (Å²) >= 11 is 0. The van der Waals surface area contributed by atoms with Gasteiger partial charge in [-0.15, -0.1) is 12.4 Å². The third kappa shape index (κ3) is 3.03. The minimum absolute atomic E-state index is 0. The Hall–Kier alpha value is -2.08. The summed E-state index contributed by atoms with van der Waals surface area (Å²) in [7, 11) is 0. The first-order chi connectivity index (χ1) is 8.72. The van der Waals surface area contributed by atoms with Crippen LogP contribution in [0.2, 0.25) is 0 Å². The molecule has 2 aromatic rings. The Kier molecular flexibility index (Phi) is 3.71. The summed E-state index contributed by atoms with van der Waals surface area (Å²) in [5, 5.41) is 9.62. The molecule has 0 aliphatic heterocycles. The van der Waals surface area contributed by atoms with Gasteiger partial charge in [-0.2, -0.15) is 5.10 Å². The van der Waals surface area contributed by atoms with E-state index in [9.17, 15) is 4.79 Å². The third-order valence-electron chi connectivity index (χ3n) is 2.89. The number of rotatable bonds is 3. The van der Waals surface area contributed by atoms with Gasteiger partial charge in [0.1, 0.15) is 5.82 Å². The van der Waals surface area contributed by atoms with Crippen LogP contribution in [-0.2, 0) is 0 Å². The second-order valence-corrected chi connectivity index (χ2v) is 4.41. The molecule has 0 radical (unpaired) electrons. The van der Waals surface area contributed by atoms with Gasteiger partial charge < -0.3 is 11.1 Å². The van der Waals surface area contributed by atoms with Crippen molar-refractivity contribution >= 4 is 29.8 Å². The summed E-state index contributed by atoms with van der Waals surface area (Å²) in [6.45, 7) is 0. The molecule has 100 valence electrons. The van der Waals surface area contributed by atoms with E-state index in [4.69, 9.17) is 5.73 Å². The van der Waals surface area contributed by atoms with E-state index < -0.39 is 0 Å². The minimum Gasteiger partial charge on any atom is -0.384 e. The maximum Gasteiger partial charge on any atom is 0.276 e. The van der Waals surface area contributed by atoms with Crippen LogP contribution >= 0.6 is 12.4 Å². The zero-order valence-corrected chi connectivity index (χ0v) is 10.9. The Bertz CT molecular complexity index is 576. The monoisotopic (exact) mass is 279 g/mol. The predicted octanol–water partition coefficient (Wildman–Crippen LogP) is 1.94. The number of hydrogen-bond acceptors (Lipinski definition) is 4.